The van der Waals surface area contributed by atoms with Crippen LogP contribution in [-0.2, 0) is 4.74 Å². The van der Waals surface area contributed by atoms with Gasteiger partial charge in [0.05, 0.1) is 6.10 Å². The number of carbonyl (C=O) groups excluding carboxylic acids is 1. The Morgan fingerprint density at radius 1 is 1.40 bits per heavy atom. The van der Waals surface area contributed by atoms with Crippen molar-refractivity contribution in [3.63, 3.8) is 0 Å². The van der Waals surface area contributed by atoms with E-state index in [0.717, 1.165) is 25.0 Å². The van der Waals surface area contributed by atoms with E-state index in [0.29, 0.717) is 18.0 Å². The summed E-state index contributed by atoms with van der Waals surface area (Å²) < 4.78 is 5.49. The molecular formula is C17H23NO2. The van der Waals surface area contributed by atoms with Gasteiger partial charge in [-0.3, -0.25) is 4.79 Å². The van der Waals surface area contributed by atoms with Gasteiger partial charge in [-0.15, -0.1) is 0 Å². The first-order valence-corrected chi connectivity index (χ1v) is 7.33. The van der Waals surface area contributed by atoms with E-state index in [1.807, 2.05) is 24.3 Å². The van der Waals surface area contributed by atoms with Gasteiger partial charge < -0.3 is 10.1 Å². The molecule has 3 heteroatoms. The van der Waals surface area contributed by atoms with Gasteiger partial charge in [0, 0.05) is 18.7 Å². The summed E-state index contributed by atoms with van der Waals surface area (Å²) in [7, 11) is 0. The fraction of sp³-hybridized carbons (Fsp3) is 0.471. The zero-order valence-electron chi connectivity index (χ0n) is 12.3. The molecule has 1 aliphatic heterocycles. The van der Waals surface area contributed by atoms with Crippen molar-refractivity contribution < 1.29 is 9.53 Å². The summed E-state index contributed by atoms with van der Waals surface area (Å²) in [4.78, 5) is 12.0. The fourth-order valence-corrected chi connectivity index (χ4v) is 2.16. The minimum absolute atomic E-state index is 0.0279. The molecule has 20 heavy (non-hydrogen) atoms. The van der Waals surface area contributed by atoms with Gasteiger partial charge in [0.2, 0.25) is 0 Å². The van der Waals surface area contributed by atoms with E-state index in [9.17, 15) is 4.79 Å². The van der Waals surface area contributed by atoms with Crippen molar-refractivity contribution in [3.05, 3.63) is 41.5 Å². The highest BCUT2D eigenvalue weighted by Gasteiger charge is 2.16. The summed E-state index contributed by atoms with van der Waals surface area (Å²) in [6, 6.07) is 7.68. The van der Waals surface area contributed by atoms with Crippen molar-refractivity contribution in [2.75, 3.05) is 13.2 Å². The minimum Gasteiger partial charge on any atom is -0.376 e. The standard InChI is InChI=1S/C17H23NO2/c1-13(2)5-6-14-7-9-15(10-8-14)17(19)18-12-16-4-3-11-20-16/h5-10,13,16H,3-4,11-12H2,1-2H3,(H,18,19)/b6-5+. The Kier molecular flexibility index (Phi) is 5.36. The van der Waals surface area contributed by atoms with E-state index in [2.05, 4.69) is 31.3 Å². The molecule has 0 aromatic heterocycles. The number of hydrogen-bond donors (Lipinski definition) is 1. The van der Waals surface area contributed by atoms with Crippen LogP contribution in [0.15, 0.2) is 30.3 Å². The van der Waals surface area contributed by atoms with Crippen molar-refractivity contribution in [3.8, 4) is 0 Å². The highest BCUT2D eigenvalue weighted by atomic mass is 16.5. The molecule has 0 spiro atoms. The average Bonchev–Trinajstić information content (AvgIpc) is 2.96. The number of rotatable bonds is 5. The van der Waals surface area contributed by atoms with Crippen molar-refractivity contribution in [2.24, 2.45) is 5.92 Å². The fourth-order valence-electron chi connectivity index (χ4n) is 2.16. The third-order valence-corrected chi connectivity index (χ3v) is 3.36. The van der Waals surface area contributed by atoms with Crippen molar-refractivity contribution in [2.45, 2.75) is 32.8 Å². The van der Waals surface area contributed by atoms with Gasteiger partial charge in [-0.05, 0) is 36.5 Å². The molecule has 3 nitrogen and oxygen atoms in total. The van der Waals surface area contributed by atoms with Crippen molar-refractivity contribution in [1.29, 1.82) is 0 Å². The number of ether oxygens (including phenoxy) is 1. The number of nitrogens with one attached hydrogen (secondary N) is 1. The van der Waals surface area contributed by atoms with Crippen LogP contribution >= 0.6 is 0 Å². The Morgan fingerprint density at radius 3 is 2.75 bits per heavy atom. The van der Waals surface area contributed by atoms with Crippen LogP contribution in [0.1, 0.15) is 42.6 Å². The molecule has 0 aliphatic carbocycles. The molecule has 1 amide bonds. The highest BCUT2D eigenvalue weighted by Crippen LogP contribution is 2.11. The minimum atomic E-state index is -0.0279. The highest BCUT2D eigenvalue weighted by molar-refractivity contribution is 5.94. The lowest BCUT2D eigenvalue weighted by Crippen LogP contribution is -2.31. The van der Waals surface area contributed by atoms with E-state index in [1.165, 1.54) is 0 Å². The molecule has 0 radical (unpaired) electrons. The lowest BCUT2D eigenvalue weighted by Gasteiger charge is -2.10. The Labute approximate surface area is 121 Å². The van der Waals surface area contributed by atoms with Gasteiger partial charge >= 0.3 is 0 Å². The van der Waals surface area contributed by atoms with Gasteiger partial charge in [0.15, 0.2) is 0 Å². The molecule has 1 heterocycles. The van der Waals surface area contributed by atoms with E-state index < -0.39 is 0 Å². The predicted molar refractivity (Wildman–Crippen MR) is 81.6 cm³/mol. The molecule has 1 fully saturated rings. The largest absolute Gasteiger partial charge is 0.376 e. The molecule has 108 valence electrons. The maximum Gasteiger partial charge on any atom is 0.251 e. The van der Waals surface area contributed by atoms with Gasteiger partial charge in [0.1, 0.15) is 0 Å². The molecular weight excluding hydrogens is 250 g/mol. The first kappa shape index (κ1) is 14.8. The second kappa shape index (κ2) is 7.25. The van der Waals surface area contributed by atoms with E-state index >= 15 is 0 Å². The Bertz CT molecular complexity index is 456. The number of hydrogen-bond acceptors (Lipinski definition) is 2. The number of amides is 1. The summed E-state index contributed by atoms with van der Waals surface area (Å²) in [6.45, 7) is 5.71. The molecule has 1 aromatic rings. The Balaban J connectivity index is 1.86. The maximum absolute atomic E-state index is 12.0. The molecule has 1 N–H and O–H groups in total. The van der Waals surface area contributed by atoms with Gasteiger partial charge in [-0.1, -0.05) is 38.1 Å². The average molecular weight is 273 g/mol. The third kappa shape index (κ3) is 4.49. The van der Waals surface area contributed by atoms with Crippen molar-refractivity contribution in [1.82, 2.24) is 5.32 Å². The van der Waals surface area contributed by atoms with E-state index in [-0.39, 0.29) is 12.0 Å². The first-order chi connectivity index (χ1) is 9.65. The lowest BCUT2D eigenvalue weighted by molar-refractivity contribution is 0.0858. The molecule has 1 unspecified atom stereocenters. The van der Waals surface area contributed by atoms with Crippen LogP contribution in [0.4, 0.5) is 0 Å². The van der Waals surface area contributed by atoms with Crippen LogP contribution in [0.25, 0.3) is 6.08 Å². The third-order valence-electron chi connectivity index (χ3n) is 3.36. The number of allylic oxidation sites excluding steroid dienone is 1. The summed E-state index contributed by atoms with van der Waals surface area (Å²) in [5.41, 5.74) is 1.82. The molecule has 2 rings (SSSR count). The number of benzene rings is 1. The Hall–Kier alpha value is -1.61. The van der Waals surface area contributed by atoms with E-state index in [4.69, 9.17) is 4.74 Å². The summed E-state index contributed by atoms with van der Waals surface area (Å²) in [6.07, 6.45) is 6.55. The van der Waals surface area contributed by atoms with Crippen LogP contribution in [0.2, 0.25) is 0 Å². The summed E-state index contributed by atoms with van der Waals surface area (Å²) in [5, 5.41) is 2.93. The normalized spacial score (nSPS) is 18.9. The van der Waals surface area contributed by atoms with Crippen molar-refractivity contribution >= 4 is 12.0 Å². The molecule has 1 aromatic carbocycles. The van der Waals surface area contributed by atoms with E-state index in [1.54, 1.807) is 0 Å². The zero-order valence-corrected chi connectivity index (χ0v) is 12.3. The Morgan fingerprint density at radius 2 is 2.15 bits per heavy atom. The number of carbonyl (C=O) groups is 1. The monoisotopic (exact) mass is 273 g/mol. The predicted octanol–water partition coefficient (Wildman–Crippen LogP) is 3.26. The van der Waals surface area contributed by atoms with Crippen LogP contribution in [0.5, 0.6) is 0 Å². The summed E-state index contributed by atoms with van der Waals surface area (Å²) >= 11 is 0. The van der Waals surface area contributed by atoms with Crippen LogP contribution in [0, 0.1) is 5.92 Å². The van der Waals surface area contributed by atoms with Gasteiger partial charge in [-0.2, -0.15) is 0 Å². The SMILES string of the molecule is CC(C)/C=C/c1ccc(C(=O)NCC2CCCO2)cc1. The molecule has 0 bridgehead atoms. The topological polar surface area (TPSA) is 38.3 Å². The molecule has 1 aliphatic rings. The van der Waals surface area contributed by atoms with Crippen LogP contribution in [-0.4, -0.2) is 25.2 Å². The van der Waals surface area contributed by atoms with Crippen LogP contribution in [0.3, 0.4) is 0 Å². The second-order valence-corrected chi connectivity index (χ2v) is 5.57. The summed E-state index contributed by atoms with van der Waals surface area (Å²) in [5.74, 6) is 0.504. The molecule has 1 atom stereocenters. The molecule has 0 saturated carbocycles. The van der Waals surface area contributed by atoms with Gasteiger partial charge in [-0.25, -0.2) is 0 Å². The van der Waals surface area contributed by atoms with Crippen LogP contribution < -0.4 is 5.32 Å². The second-order valence-electron chi connectivity index (χ2n) is 5.57. The zero-order chi connectivity index (χ0) is 14.4. The molecule has 1 saturated heterocycles. The lowest BCUT2D eigenvalue weighted by atomic mass is 10.1. The van der Waals surface area contributed by atoms with Gasteiger partial charge in [0.25, 0.3) is 5.91 Å². The quantitative estimate of drug-likeness (QED) is 0.894. The maximum atomic E-state index is 12.0. The first-order valence-electron chi connectivity index (χ1n) is 7.33. The smallest absolute Gasteiger partial charge is 0.251 e.